The Morgan fingerprint density at radius 3 is 1.82 bits per heavy atom. The molecule has 33 heavy (non-hydrogen) atoms. The number of rotatable bonds is 2. The first kappa shape index (κ1) is 25.9. The molecule has 15 heteroatoms. The van der Waals surface area contributed by atoms with E-state index in [2.05, 4.69) is 13.5 Å². The molecule has 2 aliphatic rings. The predicted molar refractivity (Wildman–Crippen MR) is 135 cm³/mol. The van der Waals surface area contributed by atoms with Gasteiger partial charge in [0, 0.05) is 0 Å². The van der Waals surface area contributed by atoms with Crippen LogP contribution in [0.3, 0.4) is 0 Å². The minimum atomic E-state index is -3.40. The summed E-state index contributed by atoms with van der Waals surface area (Å²) in [6.45, 7) is -7.52. The van der Waals surface area contributed by atoms with Crippen molar-refractivity contribution in [2.45, 2.75) is 0 Å². The maximum atomic E-state index is 6.78. The van der Waals surface area contributed by atoms with Gasteiger partial charge in [-0.3, -0.25) is 0 Å². The smallest absolute Gasteiger partial charge is 0.352 e. The largest absolute Gasteiger partial charge is 0.431 e. The number of benzene rings is 2. The van der Waals surface area contributed by atoms with Gasteiger partial charge in [-0.1, -0.05) is 30.3 Å². The lowest BCUT2D eigenvalue weighted by Crippen LogP contribution is -2.13. The number of nitrogens with zero attached hydrogens (tertiary/aromatic N) is 3. The zero-order chi connectivity index (χ0) is 23.2. The summed E-state index contributed by atoms with van der Waals surface area (Å²) < 4.78 is 47.2. The Hall–Kier alpha value is -0.140. The molecule has 0 saturated carbocycles. The molecule has 0 saturated heterocycles. The van der Waals surface area contributed by atoms with E-state index in [-0.39, 0.29) is 26.4 Å². The van der Waals surface area contributed by atoms with Gasteiger partial charge in [-0.15, -0.1) is 0 Å². The summed E-state index contributed by atoms with van der Waals surface area (Å²) in [6, 6.07) is 13.4. The first-order valence-corrected chi connectivity index (χ1v) is 17.6. The quantitative estimate of drug-likeness (QED) is 0.338. The number of fused-ring (bicyclic) bond motifs is 2. The first-order chi connectivity index (χ1) is 15.9. The Balaban J connectivity index is 1.63. The molecular formula is C18H23Cl3N3O6P3. The Kier molecular flexibility index (Phi) is 9.22. The van der Waals surface area contributed by atoms with Crippen molar-refractivity contribution in [3.63, 3.8) is 0 Å². The SMILES string of the molecule is ClP12=NP(Cl)(=NP(Cl)(Oc3ccc4ccccc4c3)=N1)OCCOCCOCCOCCO2. The second kappa shape index (κ2) is 11.7. The van der Waals surface area contributed by atoms with E-state index in [1.165, 1.54) is 0 Å². The summed E-state index contributed by atoms with van der Waals surface area (Å²) in [4.78, 5) is 0. The topological polar surface area (TPSA) is 92.5 Å². The fourth-order valence-electron chi connectivity index (χ4n) is 2.93. The van der Waals surface area contributed by atoms with Crippen molar-refractivity contribution in [3.8, 4) is 5.75 Å². The van der Waals surface area contributed by atoms with Crippen LogP contribution in [0.25, 0.3) is 10.8 Å². The van der Waals surface area contributed by atoms with Crippen LogP contribution in [0, 0.1) is 0 Å². The average molecular weight is 577 g/mol. The van der Waals surface area contributed by atoms with E-state index in [0.717, 1.165) is 10.8 Å². The molecule has 2 aliphatic heterocycles. The van der Waals surface area contributed by atoms with Crippen LogP contribution in [0.5, 0.6) is 5.75 Å². The van der Waals surface area contributed by atoms with Gasteiger partial charge in [0.05, 0.1) is 52.9 Å². The van der Waals surface area contributed by atoms with Crippen molar-refractivity contribution in [3.05, 3.63) is 42.5 Å². The molecule has 0 amide bonds. The van der Waals surface area contributed by atoms with E-state index in [4.69, 9.17) is 61.5 Å². The molecule has 0 spiro atoms. The van der Waals surface area contributed by atoms with Crippen molar-refractivity contribution >= 4 is 64.8 Å². The highest BCUT2D eigenvalue weighted by Gasteiger charge is 2.38. The van der Waals surface area contributed by atoms with E-state index in [1.54, 1.807) is 6.07 Å². The van der Waals surface area contributed by atoms with Crippen LogP contribution in [0.2, 0.25) is 0 Å². The summed E-state index contributed by atoms with van der Waals surface area (Å²) >= 11 is 20.1. The molecule has 182 valence electrons. The fourth-order valence-corrected chi connectivity index (χ4v) is 16.2. The van der Waals surface area contributed by atoms with Gasteiger partial charge in [0.2, 0.25) is 0 Å². The van der Waals surface area contributed by atoms with Crippen LogP contribution in [-0.4, -0.2) is 52.9 Å². The van der Waals surface area contributed by atoms with Gasteiger partial charge < -0.3 is 27.8 Å². The van der Waals surface area contributed by atoms with Gasteiger partial charge in [0.25, 0.3) is 0 Å². The van der Waals surface area contributed by atoms with E-state index in [1.807, 2.05) is 36.4 Å². The maximum absolute atomic E-state index is 6.78. The van der Waals surface area contributed by atoms with Crippen molar-refractivity contribution in [1.29, 1.82) is 0 Å². The van der Waals surface area contributed by atoms with Crippen LogP contribution in [-0.2, 0) is 23.3 Å². The number of hydrogen-bond acceptors (Lipinski definition) is 9. The summed E-state index contributed by atoms with van der Waals surface area (Å²) in [5.41, 5.74) is 0. The number of hydrogen-bond donors (Lipinski definition) is 0. The van der Waals surface area contributed by atoms with Crippen molar-refractivity contribution < 1.29 is 27.8 Å². The summed E-state index contributed by atoms with van der Waals surface area (Å²) in [6.07, 6.45) is 0. The third-order valence-electron chi connectivity index (χ3n) is 4.31. The monoisotopic (exact) mass is 575 g/mol. The molecule has 4 rings (SSSR count). The Morgan fingerprint density at radius 1 is 0.636 bits per heavy atom. The van der Waals surface area contributed by atoms with Gasteiger partial charge in [0.1, 0.15) is 5.75 Å². The molecule has 2 aromatic rings. The van der Waals surface area contributed by atoms with Gasteiger partial charge in [-0.2, -0.15) is 13.5 Å². The van der Waals surface area contributed by atoms with Crippen LogP contribution in [0.15, 0.2) is 56.0 Å². The van der Waals surface area contributed by atoms with E-state index in [0.29, 0.717) is 32.2 Å². The normalized spacial score (nSPS) is 32.2. The highest BCUT2D eigenvalue weighted by atomic mass is 35.7. The predicted octanol–water partition coefficient (Wildman–Crippen LogP) is 7.88. The molecule has 2 aromatic carbocycles. The molecule has 2 heterocycles. The molecule has 0 radical (unpaired) electrons. The molecule has 0 aliphatic carbocycles. The molecule has 0 N–H and O–H groups in total. The number of halogens is 3. The van der Waals surface area contributed by atoms with Gasteiger partial charge in [-0.05, 0) is 56.6 Å². The third kappa shape index (κ3) is 7.67. The minimum Gasteiger partial charge on any atom is -0.431 e. The highest BCUT2D eigenvalue weighted by molar-refractivity contribution is 8.05. The second-order valence-electron chi connectivity index (χ2n) is 6.79. The fraction of sp³-hybridized carbons (Fsp3) is 0.444. The first-order valence-electron chi connectivity index (χ1n) is 10.1. The molecule has 9 nitrogen and oxygen atoms in total. The van der Waals surface area contributed by atoms with E-state index >= 15 is 0 Å². The van der Waals surface area contributed by atoms with Crippen LogP contribution >= 0.6 is 54.1 Å². The number of ether oxygens (including phenoxy) is 3. The zero-order valence-corrected chi connectivity index (χ0v) is 22.4. The maximum Gasteiger partial charge on any atom is 0.352 e. The third-order valence-corrected chi connectivity index (χ3v) is 15.5. The van der Waals surface area contributed by atoms with Crippen molar-refractivity contribution in [2.75, 3.05) is 52.9 Å². The van der Waals surface area contributed by atoms with Gasteiger partial charge in [-0.25, -0.2) is 0 Å². The molecular weight excluding hydrogens is 553 g/mol. The molecule has 0 fully saturated rings. The lowest BCUT2D eigenvalue weighted by Gasteiger charge is -2.27. The molecule has 0 aromatic heterocycles. The van der Waals surface area contributed by atoms with E-state index < -0.39 is 20.4 Å². The average Bonchev–Trinajstić information content (AvgIpc) is 2.75. The Bertz CT molecular complexity index is 1130. The lowest BCUT2D eigenvalue weighted by atomic mass is 10.1. The van der Waals surface area contributed by atoms with Crippen LogP contribution in [0.4, 0.5) is 0 Å². The van der Waals surface area contributed by atoms with Gasteiger partial charge in [0.15, 0.2) is 0 Å². The molecule has 2 bridgehead atoms. The molecule has 3 atom stereocenters. The Labute approximate surface area is 206 Å². The zero-order valence-electron chi connectivity index (χ0n) is 17.5. The molecule has 3 unspecified atom stereocenters. The van der Waals surface area contributed by atoms with Crippen LogP contribution < -0.4 is 4.52 Å². The summed E-state index contributed by atoms with van der Waals surface area (Å²) in [5.74, 6) is 0.478. The standard InChI is InChI=1S/C18H23Cl3N3O6P3/c19-31-22-32(20,29-14-12-27-10-8-25-7-9-26-11-13-28-31)24-33(21,23-31)30-18-6-5-16-3-1-2-4-17(16)15-18/h1-6,15H,7-14H2. The van der Waals surface area contributed by atoms with Crippen molar-refractivity contribution in [2.24, 2.45) is 13.5 Å². The highest BCUT2D eigenvalue weighted by Crippen LogP contribution is 2.83. The summed E-state index contributed by atoms with van der Waals surface area (Å²) in [5, 5.41) is 2.04. The van der Waals surface area contributed by atoms with E-state index in [9.17, 15) is 0 Å². The Morgan fingerprint density at radius 2 is 1.18 bits per heavy atom. The van der Waals surface area contributed by atoms with Crippen molar-refractivity contribution in [1.82, 2.24) is 0 Å². The van der Waals surface area contributed by atoms with Crippen LogP contribution in [0.1, 0.15) is 0 Å². The minimum absolute atomic E-state index is 0.136. The van der Waals surface area contributed by atoms with Gasteiger partial charge >= 0.3 is 20.4 Å². The second-order valence-corrected chi connectivity index (χ2v) is 16.4. The summed E-state index contributed by atoms with van der Waals surface area (Å²) in [7, 11) is 0. The lowest BCUT2D eigenvalue weighted by molar-refractivity contribution is 0.00575.